The first-order chi connectivity index (χ1) is 4.64. The molecule has 10 heavy (non-hydrogen) atoms. The van der Waals surface area contributed by atoms with Crippen molar-refractivity contribution in [2.75, 3.05) is 6.61 Å². The van der Waals surface area contributed by atoms with Crippen molar-refractivity contribution in [3.8, 4) is 0 Å². The molecule has 1 aliphatic heterocycles. The molecule has 1 saturated heterocycles. The van der Waals surface area contributed by atoms with E-state index in [1.165, 1.54) is 12.5 Å². The number of epoxide rings is 1. The highest BCUT2D eigenvalue weighted by molar-refractivity contribution is 6.82. The van der Waals surface area contributed by atoms with Crippen molar-refractivity contribution in [1.82, 2.24) is 0 Å². The maximum atomic E-state index is 5.14. The average Bonchev–Trinajstić information content (AvgIpc) is 2.66. The van der Waals surface area contributed by atoms with Crippen LogP contribution in [-0.4, -0.2) is 20.8 Å². The quantitative estimate of drug-likeness (QED) is 0.449. The normalized spacial score (nSPS) is 24.4. The SMILES string of the molecule is C=C[Si](C)(C)CCC1CO1. The molecule has 1 fully saturated rings. The van der Waals surface area contributed by atoms with Crippen molar-refractivity contribution < 1.29 is 4.74 Å². The van der Waals surface area contributed by atoms with Crippen molar-refractivity contribution in [3.05, 3.63) is 12.3 Å². The van der Waals surface area contributed by atoms with E-state index in [2.05, 4.69) is 25.4 Å². The predicted octanol–water partition coefficient (Wildman–Crippen LogP) is 2.21. The molecule has 58 valence electrons. The van der Waals surface area contributed by atoms with Gasteiger partial charge in [-0.25, -0.2) is 0 Å². The molecular formula is C8H16OSi. The Morgan fingerprint density at radius 2 is 2.30 bits per heavy atom. The van der Waals surface area contributed by atoms with Gasteiger partial charge in [-0.2, -0.15) is 0 Å². The molecule has 2 heteroatoms. The summed E-state index contributed by atoms with van der Waals surface area (Å²) in [5.74, 6) is 0. The summed E-state index contributed by atoms with van der Waals surface area (Å²) in [6.45, 7) is 9.55. The van der Waals surface area contributed by atoms with Crippen LogP contribution in [0.5, 0.6) is 0 Å². The largest absolute Gasteiger partial charge is 0.373 e. The zero-order valence-electron chi connectivity index (χ0n) is 6.89. The first-order valence-corrected chi connectivity index (χ1v) is 7.18. The molecule has 0 aromatic rings. The van der Waals surface area contributed by atoms with Crippen LogP contribution in [0, 0.1) is 0 Å². The fourth-order valence-electron chi connectivity index (χ4n) is 0.870. The van der Waals surface area contributed by atoms with Gasteiger partial charge in [-0.1, -0.05) is 19.1 Å². The highest BCUT2D eigenvalue weighted by Gasteiger charge is 2.25. The zero-order valence-corrected chi connectivity index (χ0v) is 7.89. The first-order valence-electron chi connectivity index (χ1n) is 3.89. The molecule has 1 rings (SSSR count). The van der Waals surface area contributed by atoms with Gasteiger partial charge in [0.15, 0.2) is 0 Å². The summed E-state index contributed by atoms with van der Waals surface area (Å²) in [7, 11) is -1.02. The van der Waals surface area contributed by atoms with Gasteiger partial charge in [-0.3, -0.25) is 0 Å². The summed E-state index contributed by atoms with van der Waals surface area (Å²) in [6.07, 6.45) is 1.86. The Kier molecular flexibility index (Phi) is 2.31. The van der Waals surface area contributed by atoms with Crippen molar-refractivity contribution in [2.24, 2.45) is 0 Å². The van der Waals surface area contributed by atoms with Gasteiger partial charge >= 0.3 is 0 Å². The van der Waals surface area contributed by atoms with Gasteiger partial charge in [0.1, 0.15) is 0 Å². The molecule has 0 aliphatic carbocycles. The van der Waals surface area contributed by atoms with E-state index < -0.39 is 8.07 Å². The summed E-state index contributed by atoms with van der Waals surface area (Å²) in [5, 5.41) is 0. The molecule has 0 bridgehead atoms. The Hall–Kier alpha value is -0.0831. The molecule has 0 radical (unpaired) electrons. The molecule has 0 spiro atoms. The number of ether oxygens (including phenoxy) is 1. The van der Waals surface area contributed by atoms with Crippen molar-refractivity contribution >= 4 is 8.07 Å². The lowest BCUT2D eigenvalue weighted by Gasteiger charge is -2.15. The molecule has 1 aliphatic rings. The molecule has 1 nitrogen and oxygen atoms in total. The highest BCUT2D eigenvalue weighted by atomic mass is 28.3. The van der Waals surface area contributed by atoms with E-state index in [-0.39, 0.29) is 0 Å². The molecule has 0 aromatic heterocycles. The van der Waals surface area contributed by atoms with E-state index >= 15 is 0 Å². The van der Waals surface area contributed by atoms with Crippen LogP contribution in [0.3, 0.4) is 0 Å². The van der Waals surface area contributed by atoms with Gasteiger partial charge in [0.2, 0.25) is 0 Å². The van der Waals surface area contributed by atoms with Gasteiger partial charge in [0, 0.05) is 0 Å². The monoisotopic (exact) mass is 156 g/mol. The van der Waals surface area contributed by atoms with Crippen LogP contribution in [0.2, 0.25) is 19.1 Å². The molecule has 0 aromatic carbocycles. The molecule has 0 amide bonds. The van der Waals surface area contributed by atoms with E-state index in [9.17, 15) is 0 Å². The molecule has 1 heterocycles. The Bertz CT molecular complexity index is 127. The Balaban J connectivity index is 2.14. The minimum Gasteiger partial charge on any atom is -0.373 e. The van der Waals surface area contributed by atoms with Crippen LogP contribution >= 0.6 is 0 Å². The smallest absolute Gasteiger partial charge is 0.0807 e. The summed E-state index contributed by atoms with van der Waals surface area (Å²) in [6, 6.07) is 1.33. The molecular weight excluding hydrogens is 140 g/mol. The van der Waals surface area contributed by atoms with E-state index in [4.69, 9.17) is 4.74 Å². The van der Waals surface area contributed by atoms with Crippen molar-refractivity contribution in [3.63, 3.8) is 0 Å². The summed E-state index contributed by atoms with van der Waals surface area (Å²) < 4.78 is 5.14. The van der Waals surface area contributed by atoms with Crippen LogP contribution in [-0.2, 0) is 4.74 Å². The van der Waals surface area contributed by atoms with Crippen LogP contribution in [0.15, 0.2) is 12.3 Å². The third-order valence-electron chi connectivity index (χ3n) is 2.07. The second kappa shape index (κ2) is 2.89. The second-order valence-corrected chi connectivity index (χ2v) is 8.57. The lowest BCUT2D eigenvalue weighted by Crippen LogP contribution is -2.22. The van der Waals surface area contributed by atoms with Crippen molar-refractivity contribution in [2.45, 2.75) is 31.7 Å². The fraction of sp³-hybridized carbons (Fsp3) is 0.750. The fourth-order valence-corrected chi connectivity index (χ4v) is 2.14. The predicted molar refractivity (Wildman–Crippen MR) is 46.8 cm³/mol. The maximum absolute atomic E-state index is 5.14. The van der Waals surface area contributed by atoms with Gasteiger partial charge in [0.25, 0.3) is 0 Å². The van der Waals surface area contributed by atoms with Gasteiger partial charge in [-0.05, 0) is 6.42 Å². The van der Waals surface area contributed by atoms with Gasteiger partial charge in [0.05, 0.1) is 20.8 Å². The summed E-state index contributed by atoms with van der Waals surface area (Å²) >= 11 is 0. The van der Waals surface area contributed by atoms with Crippen LogP contribution < -0.4 is 0 Å². The number of hydrogen-bond acceptors (Lipinski definition) is 1. The lowest BCUT2D eigenvalue weighted by atomic mass is 10.4. The average molecular weight is 156 g/mol. The van der Waals surface area contributed by atoms with E-state index in [0.717, 1.165) is 6.61 Å². The van der Waals surface area contributed by atoms with Crippen LogP contribution in [0.1, 0.15) is 6.42 Å². The zero-order chi connectivity index (χ0) is 7.61. The number of hydrogen-bond donors (Lipinski definition) is 0. The molecule has 0 N–H and O–H groups in total. The Labute approximate surface area is 64.1 Å². The molecule has 1 unspecified atom stereocenters. The summed E-state index contributed by atoms with van der Waals surface area (Å²) in [4.78, 5) is 0. The van der Waals surface area contributed by atoms with Gasteiger partial charge < -0.3 is 4.74 Å². The third kappa shape index (κ3) is 2.67. The topological polar surface area (TPSA) is 12.5 Å². The molecule has 1 atom stereocenters. The molecule has 0 saturated carbocycles. The maximum Gasteiger partial charge on any atom is 0.0807 e. The van der Waals surface area contributed by atoms with Crippen molar-refractivity contribution in [1.29, 1.82) is 0 Å². The van der Waals surface area contributed by atoms with E-state index in [1.54, 1.807) is 0 Å². The summed E-state index contributed by atoms with van der Waals surface area (Å²) in [5.41, 5.74) is 2.16. The third-order valence-corrected chi connectivity index (χ3v) is 4.75. The minimum atomic E-state index is -1.02. The standard InChI is InChI=1S/C8H16OSi/c1-4-10(2,3)6-5-8-7-9-8/h4,8H,1,5-7H2,2-3H3. The van der Waals surface area contributed by atoms with Crippen LogP contribution in [0.4, 0.5) is 0 Å². The number of rotatable bonds is 4. The second-order valence-electron chi connectivity index (χ2n) is 3.69. The van der Waals surface area contributed by atoms with E-state index in [0.29, 0.717) is 6.10 Å². The van der Waals surface area contributed by atoms with Gasteiger partial charge in [-0.15, -0.1) is 12.3 Å². The van der Waals surface area contributed by atoms with E-state index in [1.807, 2.05) is 0 Å². The first kappa shape index (κ1) is 8.02. The Morgan fingerprint density at radius 1 is 1.70 bits per heavy atom. The van der Waals surface area contributed by atoms with Crippen LogP contribution in [0.25, 0.3) is 0 Å². The minimum absolute atomic E-state index is 0.603. The Morgan fingerprint density at radius 3 is 2.70 bits per heavy atom. The highest BCUT2D eigenvalue weighted by Crippen LogP contribution is 2.21. The lowest BCUT2D eigenvalue weighted by molar-refractivity contribution is 0.403.